The van der Waals surface area contributed by atoms with Gasteiger partial charge in [-0.1, -0.05) is 29.3 Å². The number of hydrogen-bond acceptors (Lipinski definition) is 3. The molecule has 1 heterocycles. The van der Waals surface area contributed by atoms with E-state index in [1.54, 1.807) is 25.1 Å². The Morgan fingerprint density at radius 2 is 1.81 bits per heavy atom. The molecule has 1 aromatic heterocycles. The summed E-state index contributed by atoms with van der Waals surface area (Å²) in [5, 5.41) is 0.442. The van der Waals surface area contributed by atoms with Crippen LogP contribution >= 0.6 is 23.2 Å². The number of pyridine rings is 1. The van der Waals surface area contributed by atoms with Crippen LogP contribution in [0.2, 0.25) is 10.0 Å². The number of carbonyl (C=O) groups excluding carboxylic acids is 1. The van der Waals surface area contributed by atoms with Gasteiger partial charge in [-0.25, -0.2) is 9.78 Å². The maximum Gasteiger partial charge on any atom is 0.417 e. The number of rotatable bonds is 2. The topological polar surface area (TPSA) is 39.2 Å². The molecule has 2 aromatic carbocycles. The second-order valence-electron chi connectivity index (χ2n) is 5.81. The van der Waals surface area contributed by atoms with Gasteiger partial charge >= 0.3 is 12.1 Å². The summed E-state index contributed by atoms with van der Waals surface area (Å²) in [4.78, 5) is 16.8. The molecule has 140 valence electrons. The lowest BCUT2D eigenvalue weighted by molar-refractivity contribution is -0.137. The van der Waals surface area contributed by atoms with E-state index in [0.29, 0.717) is 21.5 Å². The monoisotopic (exact) mass is 413 g/mol. The number of hydrogen-bond donors (Lipinski definition) is 0. The summed E-state index contributed by atoms with van der Waals surface area (Å²) in [5.41, 5.74) is 0.428. The number of alkyl halides is 3. The summed E-state index contributed by atoms with van der Waals surface area (Å²) in [7, 11) is 1.22. The molecule has 0 atom stereocenters. The molecule has 0 saturated carbocycles. The highest BCUT2D eigenvalue weighted by Gasteiger charge is 2.33. The molecule has 0 bridgehead atoms. The van der Waals surface area contributed by atoms with Gasteiger partial charge < -0.3 is 4.74 Å². The minimum atomic E-state index is -4.61. The zero-order valence-electron chi connectivity index (χ0n) is 14.1. The van der Waals surface area contributed by atoms with Crippen LogP contribution in [0.1, 0.15) is 21.5 Å². The third-order valence-electron chi connectivity index (χ3n) is 4.13. The van der Waals surface area contributed by atoms with E-state index in [4.69, 9.17) is 27.9 Å². The van der Waals surface area contributed by atoms with Gasteiger partial charge in [-0.2, -0.15) is 13.2 Å². The Morgan fingerprint density at radius 1 is 1.11 bits per heavy atom. The second-order valence-corrected chi connectivity index (χ2v) is 6.65. The molecule has 0 fully saturated rings. The zero-order valence-corrected chi connectivity index (χ0v) is 15.6. The van der Waals surface area contributed by atoms with Crippen LogP contribution < -0.4 is 0 Å². The third-order valence-corrected chi connectivity index (χ3v) is 4.69. The highest BCUT2D eigenvalue weighted by molar-refractivity contribution is 6.32. The first kappa shape index (κ1) is 19.5. The summed E-state index contributed by atoms with van der Waals surface area (Å²) in [6.45, 7) is 1.59. The van der Waals surface area contributed by atoms with Crippen molar-refractivity contribution >= 4 is 40.1 Å². The fraction of sp³-hybridized carbons (Fsp3) is 0.158. The number of ether oxygens (including phenoxy) is 1. The van der Waals surface area contributed by atoms with Crippen molar-refractivity contribution < 1.29 is 22.7 Å². The molecule has 0 amide bonds. The van der Waals surface area contributed by atoms with Gasteiger partial charge in [0.2, 0.25) is 0 Å². The highest BCUT2D eigenvalue weighted by Crippen LogP contribution is 2.38. The summed E-state index contributed by atoms with van der Waals surface area (Å²) < 4.78 is 44.5. The first-order valence-electron chi connectivity index (χ1n) is 7.68. The Kier molecular flexibility index (Phi) is 5.06. The smallest absolute Gasteiger partial charge is 0.417 e. The molecule has 0 aliphatic rings. The molecule has 0 unspecified atom stereocenters. The van der Waals surface area contributed by atoms with Gasteiger partial charge in [0.25, 0.3) is 0 Å². The highest BCUT2D eigenvalue weighted by atomic mass is 35.5. The average Bonchev–Trinajstić information content (AvgIpc) is 2.60. The lowest BCUT2D eigenvalue weighted by Gasteiger charge is -2.15. The van der Waals surface area contributed by atoms with E-state index in [1.807, 2.05) is 0 Å². The quantitative estimate of drug-likeness (QED) is 0.461. The van der Waals surface area contributed by atoms with Crippen LogP contribution in [-0.2, 0) is 10.9 Å². The maximum absolute atomic E-state index is 13.2. The molecule has 8 heteroatoms. The van der Waals surface area contributed by atoms with Crippen molar-refractivity contribution in [1.29, 1.82) is 0 Å². The van der Waals surface area contributed by atoms with Crippen LogP contribution in [0.25, 0.3) is 22.2 Å². The Bertz CT molecular complexity index is 1060. The standard InChI is InChI=1S/C19H12Cl2F3NO2/c1-9-16(18(26)27-2)12-8-11(20)4-6-15(12)25-17(9)10-3-5-14(21)13(7-10)19(22,23)24/h3-8H,1-2H3. The van der Waals surface area contributed by atoms with Gasteiger partial charge in [0, 0.05) is 16.0 Å². The predicted octanol–water partition coefficient (Wildman–Crippen LogP) is 6.32. The molecule has 0 N–H and O–H groups in total. The zero-order chi connectivity index (χ0) is 19.9. The van der Waals surface area contributed by atoms with Crippen LogP contribution in [0.3, 0.4) is 0 Å². The molecule has 0 aliphatic heterocycles. The van der Waals surface area contributed by atoms with Crippen molar-refractivity contribution in [3.8, 4) is 11.3 Å². The van der Waals surface area contributed by atoms with Crippen molar-refractivity contribution in [2.75, 3.05) is 7.11 Å². The first-order valence-corrected chi connectivity index (χ1v) is 8.44. The molecular formula is C19H12Cl2F3NO2. The van der Waals surface area contributed by atoms with Crippen molar-refractivity contribution in [2.45, 2.75) is 13.1 Å². The number of benzene rings is 2. The molecule has 3 aromatic rings. The lowest BCUT2D eigenvalue weighted by Crippen LogP contribution is -2.09. The Labute approximate surface area is 162 Å². The number of aromatic nitrogens is 1. The second kappa shape index (κ2) is 7.02. The molecule has 27 heavy (non-hydrogen) atoms. The largest absolute Gasteiger partial charge is 0.465 e. The van der Waals surface area contributed by atoms with Gasteiger partial charge in [-0.15, -0.1) is 0 Å². The Hall–Kier alpha value is -2.31. The van der Waals surface area contributed by atoms with Gasteiger partial charge in [0.05, 0.1) is 34.5 Å². The van der Waals surface area contributed by atoms with E-state index in [1.165, 1.54) is 13.2 Å². The van der Waals surface area contributed by atoms with E-state index < -0.39 is 22.7 Å². The van der Waals surface area contributed by atoms with E-state index in [9.17, 15) is 18.0 Å². The van der Waals surface area contributed by atoms with Gasteiger partial charge in [0.15, 0.2) is 0 Å². The average molecular weight is 414 g/mol. The van der Waals surface area contributed by atoms with E-state index in [2.05, 4.69) is 4.98 Å². The number of halogens is 5. The summed E-state index contributed by atoms with van der Waals surface area (Å²) >= 11 is 11.7. The van der Waals surface area contributed by atoms with Gasteiger partial charge in [-0.05, 0) is 42.8 Å². The van der Waals surface area contributed by atoms with E-state index in [-0.39, 0.29) is 16.8 Å². The lowest BCUT2D eigenvalue weighted by atomic mass is 9.97. The first-order chi connectivity index (χ1) is 12.6. The van der Waals surface area contributed by atoms with Crippen LogP contribution in [-0.4, -0.2) is 18.1 Å². The summed E-state index contributed by atoms with van der Waals surface area (Å²) in [6, 6.07) is 8.24. The Balaban J connectivity index is 2.35. The number of carbonyl (C=O) groups is 1. The molecule has 3 nitrogen and oxygen atoms in total. The fourth-order valence-electron chi connectivity index (χ4n) is 2.87. The normalized spacial score (nSPS) is 11.7. The number of methoxy groups -OCH3 is 1. The van der Waals surface area contributed by atoms with Crippen LogP contribution in [0.15, 0.2) is 36.4 Å². The van der Waals surface area contributed by atoms with Crippen molar-refractivity contribution in [3.05, 3.63) is 63.1 Å². The maximum atomic E-state index is 13.2. The van der Waals surface area contributed by atoms with Crippen molar-refractivity contribution in [1.82, 2.24) is 4.98 Å². The van der Waals surface area contributed by atoms with Crippen molar-refractivity contribution in [3.63, 3.8) is 0 Å². The number of esters is 1. The van der Waals surface area contributed by atoms with E-state index in [0.717, 1.165) is 12.1 Å². The molecule has 3 rings (SSSR count). The molecule has 0 radical (unpaired) electrons. The minimum Gasteiger partial charge on any atom is -0.465 e. The minimum absolute atomic E-state index is 0.186. The van der Waals surface area contributed by atoms with Crippen LogP contribution in [0.5, 0.6) is 0 Å². The summed E-state index contributed by atoms with van der Waals surface area (Å²) in [6.07, 6.45) is -4.61. The summed E-state index contributed by atoms with van der Waals surface area (Å²) in [5.74, 6) is -0.631. The predicted molar refractivity (Wildman–Crippen MR) is 98.3 cm³/mol. The molecular weight excluding hydrogens is 402 g/mol. The number of fused-ring (bicyclic) bond motifs is 1. The third kappa shape index (κ3) is 3.59. The van der Waals surface area contributed by atoms with E-state index >= 15 is 0 Å². The molecule has 0 saturated heterocycles. The fourth-order valence-corrected chi connectivity index (χ4v) is 3.26. The Morgan fingerprint density at radius 3 is 2.44 bits per heavy atom. The molecule has 0 spiro atoms. The SMILES string of the molecule is COC(=O)c1c(C)c(-c2ccc(Cl)c(C(F)(F)F)c2)nc2ccc(Cl)cc12. The van der Waals surface area contributed by atoms with Crippen molar-refractivity contribution in [2.24, 2.45) is 0 Å². The van der Waals surface area contributed by atoms with Crippen LogP contribution in [0, 0.1) is 6.92 Å². The van der Waals surface area contributed by atoms with Gasteiger partial charge in [-0.3, -0.25) is 0 Å². The van der Waals surface area contributed by atoms with Crippen LogP contribution in [0.4, 0.5) is 13.2 Å². The molecule has 0 aliphatic carbocycles. The number of nitrogens with zero attached hydrogens (tertiary/aromatic N) is 1. The van der Waals surface area contributed by atoms with Gasteiger partial charge in [0.1, 0.15) is 0 Å².